The number of nitrogens with one attached hydrogen (secondary N) is 2. The summed E-state index contributed by atoms with van der Waals surface area (Å²) >= 11 is 0. The largest absolute Gasteiger partial charge is 0.350 e. The van der Waals surface area contributed by atoms with Gasteiger partial charge in [0.15, 0.2) is 0 Å². The number of halogens is 1. The van der Waals surface area contributed by atoms with E-state index in [0.29, 0.717) is 29.8 Å². The predicted molar refractivity (Wildman–Crippen MR) is 109 cm³/mol. The molecule has 1 amide bonds. The fourth-order valence-electron chi connectivity index (χ4n) is 5.64. The van der Waals surface area contributed by atoms with Crippen molar-refractivity contribution >= 4 is 16.8 Å². The third-order valence-electron chi connectivity index (χ3n) is 7.61. The smallest absolute Gasteiger partial charge is 0.270 e. The summed E-state index contributed by atoms with van der Waals surface area (Å²) in [5.74, 6) is -1.14. The maximum atomic E-state index is 13.8. The molecule has 154 valence electrons. The molecule has 6 rings (SSSR count). The summed E-state index contributed by atoms with van der Waals surface area (Å²) in [5.41, 5.74) is 5.84. The van der Waals surface area contributed by atoms with E-state index in [-0.39, 0.29) is 23.8 Å². The number of carbonyl (C=O) groups is 1. The molecule has 3 unspecified atom stereocenters. The molecule has 4 heterocycles. The van der Waals surface area contributed by atoms with Gasteiger partial charge in [0.2, 0.25) is 0 Å². The number of H-pyrrole nitrogens is 1. The van der Waals surface area contributed by atoms with Gasteiger partial charge in [0.25, 0.3) is 5.91 Å². The Balaban J connectivity index is 1.26. The summed E-state index contributed by atoms with van der Waals surface area (Å²) in [7, 11) is 2.18. The van der Waals surface area contributed by atoms with Crippen molar-refractivity contribution in [3.05, 3.63) is 35.3 Å². The Morgan fingerprint density at radius 3 is 2.93 bits per heavy atom. The second-order valence-electron chi connectivity index (χ2n) is 9.39. The van der Waals surface area contributed by atoms with Crippen molar-refractivity contribution in [3.63, 3.8) is 0 Å². The number of fused-ring (bicyclic) bond motifs is 4. The van der Waals surface area contributed by atoms with Crippen LogP contribution >= 0.6 is 0 Å². The first-order valence-electron chi connectivity index (χ1n) is 11.1. The van der Waals surface area contributed by atoms with Crippen molar-refractivity contribution in [1.29, 1.82) is 0 Å². The van der Waals surface area contributed by atoms with Gasteiger partial charge in [-0.25, -0.2) is 9.40 Å². The highest BCUT2D eigenvalue weighted by molar-refractivity contribution is 5.98. The highest BCUT2D eigenvalue weighted by Gasteiger charge is 2.57. The Hall–Kier alpha value is -1.96. The molecule has 1 aromatic carbocycles. The van der Waals surface area contributed by atoms with Crippen LogP contribution in [-0.4, -0.2) is 76.5 Å². The van der Waals surface area contributed by atoms with Crippen molar-refractivity contribution in [1.82, 2.24) is 25.2 Å². The zero-order chi connectivity index (χ0) is 20.8. The first kappa shape index (κ1) is 16.8. The highest BCUT2D eigenvalue weighted by atomic mass is 19.1. The van der Waals surface area contributed by atoms with E-state index in [1.165, 1.54) is 25.0 Å². The lowest BCUT2D eigenvalue weighted by molar-refractivity contribution is 0.0164. The molecule has 7 heteroatoms. The van der Waals surface area contributed by atoms with Crippen LogP contribution in [-0.2, 0) is 0 Å². The molecule has 0 bridgehead atoms. The summed E-state index contributed by atoms with van der Waals surface area (Å²) < 4.78 is 23.1. The number of likely N-dealkylation sites (N-methyl/N-ethyl adjacent to an activating group) is 1. The number of hydrogen-bond acceptors (Lipinski definition) is 4. The van der Waals surface area contributed by atoms with Crippen LogP contribution < -0.4 is 5.43 Å². The minimum absolute atomic E-state index is 0.0768. The van der Waals surface area contributed by atoms with Gasteiger partial charge in [0.05, 0.1) is 0 Å². The average Bonchev–Trinajstić information content (AvgIpc) is 3.24. The topological polar surface area (TPSA) is 54.6 Å². The third-order valence-corrected chi connectivity index (χ3v) is 7.61. The van der Waals surface area contributed by atoms with Gasteiger partial charge >= 0.3 is 0 Å². The average molecular weight is 399 g/mol. The van der Waals surface area contributed by atoms with Gasteiger partial charge in [0, 0.05) is 62.0 Å². The van der Waals surface area contributed by atoms with Crippen LogP contribution in [0.2, 0.25) is 0 Å². The van der Waals surface area contributed by atoms with E-state index in [1.54, 1.807) is 0 Å². The van der Waals surface area contributed by atoms with Crippen LogP contribution in [0.3, 0.4) is 0 Å². The molecule has 1 spiro atoms. The monoisotopic (exact) mass is 398 g/mol. The standard InChI is InChI=1S/C22H28FN5O/c1-13-7-14(23)8-18-15(13)9-19(24-18)21(29)27-6-3-17-16(10-27)20-11-26(2)22(4-5-22)12-28(20)25-17/h7-9,16-17,20,24-25H,3-6,10-12H2,1-2H3/i16D. The number of piperidine rings is 1. The van der Waals surface area contributed by atoms with E-state index in [2.05, 4.69) is 27.4 Å². The Bertz CT molecular complexity index is 1050. The van der Waals surface area contributed by atoms with Gasteiger partial charge in [-0.3, -0.25) is 15.1 Å². The number of nitrogens with zero attached hydrogens (tertiary/aromatic N) is 3. The van der Waals surface area contributed by atoms with Crippen molar-refractivity contribution in [3.8, 4) is 0 Å². The molecule has 3 saturated heterocycles. The first-order chi connectivity index (χ1) is 14.3. The van der Waals surface area contributed by atoms with Gasteiger partial charge in [-0.05, 0) is 57.0 Å². The van der Waals surface area contributed by atoms with E-state index in [9.17, 15) is 10.6 Å². The Labute approximate surface area is 171 Å². The number of hydrazine groups is 1. The number of amides is 1. The second kappa shape index (κ2) is 6.03. The number of aryl methyl sites for hydroxylation is 1. The Kier molecular flexibility index (Phi) is 3.49. The molecule has 3 atom stereocenters. The van der Waals surface area contributed by atoms with Crippen molar-refractivity contribution in [2.45, 2.75) is 43.8 Å². The van der Waals surface area contributed by atoms with Crippen LogP contribution in [0.15, 0.2) is 18.2 Å². The van der Waals surface area contributed by atoms with E-state index in [0.717, 1.165) is 30.5 Å². The van der Waals surface area contributed by atoms with Gasteiger partial charge in [0.1, 0.15) is 11.5 Å². The maximum absolute atomic E-state index is 13.8. The molecular weight excluding hydrogens is 369 g/mol. The normalized spacial score (nSPS) is 34.3. The number of rotatable bonds is 1. The second-order valence-corrected chi connectivity index (χ2v) is 9.39. The van der Waals surface area contributed by atoms with Gasteiger partial charge < -0.3 is 9.88 Å². The number of hydrogen-bond donors (Lipinski definition) is 2. The summed E-state index contributed by atoms with van der Waals surface area (Å²) in [4.78, 5) is 20.7. The molecule has 29 heavy (non-hydrogen) atoms. The van der Waals surface area contributed by atoms with Crippen LogP contribution in [0.5, 0.6) is 0 Å². The molecule has 1 saturated carbocycles. The van der Waals surface area contributed by atoms with E-state index in [1.807, 2.05) is 17.9 Å². The van der Waals surface area contributed by atoms with Crippen molar-refractivity contribution in [2.24, 2.45) is 5.89 Å². The number of carbonyl (C=O) groups excluding carboxylic acids is 1. The number of likely N-dealkylation sites (tertiary alicyclic amines) is 1. The molecule has 2 aromatic rings. The predicted octanol–water partition coefficient (Wildman–Crippen LogP) is 2.11. The summed E-state index contributed by atoms with van der Waals surface area (Å²) in [6, 6.07) is 4.89. The Morgan fingerprint density at radius 2 is 2.14 bits per heavy atom. The van der Waals surface area contributed by atoms with Crippen molar-refractivity contribution in [2.75, 3.05) is 33.2 Å². The maximum Gasteiger partial charge on any atom is 0.270 e. The van der Waals surface area contributed by atoms with Crippen LogP contribution in [0, 0.1) is 18.6 Å². The SMILES string of the molecule is [2H]C12CN(C(=O)c3cc4c(C)cc(F)cc4[nH]3)CCC1NN1CC3(CC3)N(C)CC12. The van der Waals surface area contributed by atoms with Crippen molar-refractivity contribution < 1.29 is 10.6 Å². The molecule has 3 aliphatic heterocycles. The minimum atomic E-state index is -0.729. The zero-order valence-electron chi connectivity index (χ0n) is 18.0. The lowest BCUT2D eigenvalue weighted by Crippen LogP contribution is -2.60. The summed E-state index contributed by atoms with van der Waals surface area (Å²) in [6.07, 6.45) is 3.23. The van der Waals surface area contributed by atoms with Gasteiger partial charge in [-0.2, -0.15) is 0 Å². The number of aromatic nitrogens is 1. The number of benzene rings is 1. The third kappa shape index (κ3) is 2.67. The van der Waals surface area contributed by atoms with Crippen LogP contribution in [0.4, 0.5) is 4.39 Å². The highest BCUT2D eigenvalue weighted by Crippen LogP contribution is 2.46. The van der Waals surface area contributed by atoms with Gasteiger partial charge in [-0.15, -0.1) is 0 Å². The lowest BCUT2D eigenvalue weighted by atomic mass is 9.86. The van der Waals surface area contributed by atoms with E-state index in [4.69, 9.17) is 0 Å². The molecule has 1 aromatic heterocycles. The molecule has 1 aliphatic carbocycles. The number of aromatic amines is 1. The fraction of sp³-hybridized carbons (Fsp3) is 0.591. The quantitative estimate of drug-likeness (QED) is 0.773. The molecule has 4 fully saturated rings. The molecule has 6 nitrogen and oxygen atoms in total. The minimum Gasteiger partial charge on any atom is -0.350 e. The zero-order valence-corrected chi connectivity index (χ0v) is 17.0. The van der Waals surface area contributed by atoms with Gasteiger partial charge in [-0.1, -0.05) is 0 Å². The van der Waals surface area contributed by atoms with Crippen LogP contribution in [0.25, 0.3) is 10.9 Å². The molecule has 0 radical (unpaired) electrons. The lowest BCUT2D eigenvalue weighted by Gasteiger charge is -2.44. The summed E-state index contributed by atoms with van der Waals surface area (Å²) in [6.45, 7) is 4.71. The Morgan fingerprint density at radius 1 is 1.31 bits per heavy atom. The number of piperazine rings is 1. The molecule has 2 N–H and O–H groups in total. The fourth-order valence-corrected chi connectivity index (χ4v) is 5.64. The molecular formula is C22H28FN5O. The van der Waals surface area contributed by atoms with Crippen LogP contribution in [0.1, 0.15) is 36.7 Å². The van der Waals surface area contributed by atoms with E-state index < -0.39 is 5.89 Å². The van der Waals surface area contributed by atoms with E-state index >= 15 is 0 Å². The molecule has 4 aliphatic rings. The summed E-state index contributed by atoms with van der Waals surface area (Å²) in [5, 5.41) is 3.17. The first-order valence-corrected chi connectivity index (χ1v) is 10.6.